The fourth-order valence-corrected chi connectivity index (χ4v) is 0.398. The molecule has 4 nitrogen and oxygen atoms in total. The Morgan fingerprint density at radius 1 is 1.30 bits per heavy atom. The molecule has 1 rings (SSSR count). The molecule has 58 valence electrons. The minimum absolute atomic E-state index is 0.461. The molecular formula is C6H13N3O. The van der Waals surface area contributed by atoms with Gasteiger partial charge in [-0.25, -0.2) is 0 Å². The third-order valence-electron chi connectivity index (χ3n) is 0.740. The molecule has 1 N–H and O–H groups in total. The molecule has 10 heavy (non-hydrogen) atoms. The third-order valence-corrected chi connectivity index (χ3v) is 0.740. The maximum atomic E-state index is 4.90. The lowest BCUT2D eigenvalue weighted by Crippen LogP contribution is -1.85. The van der Waals surface area contributed by atoms with Crippen LogP contribution in [0.5, 0.6) is 0 Å². The predicted molar refractivity (Wildman–Crippen MR) is 39.9 cm³/mol. The van der Waals surface area contributed by atoms with Crippen molar-refractivity contribution in [1.82, 2.24) is 10.2 Å². The van der Waals surface area contributed by atoms with E-state index in [1.807, 2.05) is 13.8 Å². The Bertz CT molecular complexity index is 173. The molecule has 0 aromatic carbocycles. The fourth-order valence-electron chi connectivity index (χ4n) is 0.398. The summed E-state index contributed by atoms with van der Waals surface area (Å²) in [5.74, 6) is 0.578. The first-order valence-electron chi connectivity index (χ1n) is 3.31. The molecule has 0 aliphatic heterocycles. The van der Waals surface area contributed by atoms with Crippen molar-refractivity contribution in [2.24, 2.45) is 0 Å². The summed E-state index contributed by atoms with van der Waals surface area (Å²) in [5, 5.41) is 9.92. The normalized spacial score (nSPS) is 8.00. The Hall–Kier alpha value is -1.06. The average Bonchev–Trinajstić information content (AvgIpc) is 2.40. The lowest BCUT2D eigenvalue weighted by atomic mass is 10.8. The van der Waals surface area contributed by atoms with E-state index in [1.165, 1.54) is 0 Å². The number of rotatable bonds is 1. The highest BCUT2D eigenvalue weighted by Gasteiger charge is 1.94. The van der Waals surface area contributed by atoms with Gasteiger partial charge >= 0.3 is 6.01 Å². The number of hydrogen-bond donors (Lipinski definition) is 1. The van der Waals surface area contributed by atoms with Crippen LogP contribution in [0.1, 0.15) is 19.7 Å². The molecule has 0 unspecified atom stereocenters. The van der Waals surface area contributed by atoms with E-state index in [9.17, 15) is 0 Å². The maximum Gasteiger partial charge on any atom is 0.315 e. The number of anilines is 1. The highest BCUT2D eigenvalue weighted by atomic mass is 16.4. The summed E-state index contributed by atoms with van der Waals surface area (Å²) >= 11 is 0. The molecule has 0 saturated heterocycles. The van der Waals surface area contributed by atoms with Gasteiger partial charge in [-0.05, 0) is 0 Å². The minimum atomic E-state index is 0.461. The van der Waals surface area contributed by atoms with Crippen molar-refractivity contribution < 1.29 is 4.42 Å². The SMILES string of the molecule is CC.CNc1nnc(C)o1. The van der Waals surface area contributed by atoms with Gasteiger partial charge in [0.2, 0.25) is 5.89 Å². The van der Waals surface area contributed by atoms with Crippen molar-refractivity contribution in [3.05, 3.63) is 5.89 Å². The van der Waals surface area contributed by atoms with Gasteiger partial charge in [-0.1, -0.05) is 18.9 Å². The summed E-state index contributed by atoms with van der Waals surface area (Å²) in [6, 6.07) is 0.461. The van der Waals surface area contributed by atoms with E-state index >= 15 is 0 Å². The van der Waals surface area contributed by atoms with Crippen LogP contribution in [-0.4, -0.2) is 17.2 Å². The Morgan fingerprint density at radius 3 is 2.10 bits per heavy atom. The van der Waals surface area contributed by atoms with Gasteiger partial charge in [-0.3, -0.25) is 0 Å². The summed E-state index contributed by atoms with van der Waals surface area (Å²) in [5.41, 5.74) is 0. The van der Waals surface area contributed by atoms with Crippen molar-refractivity contribution in [2.75, 3.05) is 12.4 Å². The predicted octanol–water partition coefficient (Wildman–Crippen LogP) is 1.45. The molecule has 0 saturated carbocycles. The van der Waals surface area contributed by atoms with Gasteiger partial charge in [0, 0.05) is 14.0 Å². The highest BCUT2D eigenvalue weighted by molar-refractivity contribution is 5.13. The lowest BCUT2D eigenvalue weighted by molar-refractivity contribution is 0.534. The molecule has 0 spiro atoms. The van der Waals surface area contributed by atoms with E-state index in [2.05, 4.69) is 15.5 Å². The van der Waals surface area contributed by atoms with Crippen molar-refractivity contribution in [1.29, 1.82) is 0 Å². The molecule has 1 aromatic rings. The van der Waals surface area contributed by atoms with Crippen LogP contribution in [0.2, 0.25) is 0 Å². The molecule has 0 amide bonds. The molecular weight excluding hydrogens is 130 g/mol. The zero-order valence-corrected chi connectivity index (χ0v) is 6.80. The van der Waals surface area contributed by atoms with E-state index in [0.29, 0.717) is 11.9 Å². The smallest absolute Gasteiger partial charge is 0.315 e. The third kappa shape index (κ3) is 2.48. The van der Waals surface area contributed by atoms with Gasteiger partial charge in [0.1, 0.15) is 0 Å². The van der Waals surface area contributed by atoms with Gasteiger partial charge in [0.25, 0.3) is 0 Å². The summed E-state index contributed by atoms with van der Waals surface area (Å²) in [6.45, 7) is 5.74. The second-order valence-electron chi connectivity index (χ2n) is 1.38. The van der Waals surface area contributed by atoms with E-state index in [4.69, 9.17) is 4.42 Å². The first-order valence-corrected chi connectivity index (χ1v) is 3.31. The van der Waals surface area contributed by atoms with Crippen molar-refractivity contribution >= 4 is 6.01 Å². The van der Waals surface area contributed by atoms with Crippen molar-refractivity contribution in [3.8, 4) is 0 Å². The van der Waals surface area contributed by atoms with E-state index in [-0.39, 0.29) is 0 Å². The molecule has 1 heterocycles. The zero-order valence-electron chi connectivity index (χ0n) is 6.80. The second kappa shape index (κ2) is 4.78. The number of nitrogens with one attached hydrogen (secondary N) is 1. The van der Waals surface area contributed by atoms with Gasteiger partial charge in [0.15, 0.2) is 0 Å². The number of aromatic nitrogens is 2. The minimum Gasteiger partial charge on any atom is -0.408 e. The average molecular weight is 143 g/mol. The molecule has 0 aliphatic carbocycles. The van der Waals surface area contributed by atoms with Gasteiger partial charge < -0.3 is 9.73 Å². The molecule has 0 bridgehead atoms. The van der Waals surface area contributed by atoms with Crippen molar-refractivity contribution in [2.45, 2.75) is 20.8 Å². The molecule has 0 atom stereocenters. The standard InChI is InChI=1S/C4H7N3O.C2H6/c1-3-6-7-4(5-2)8-3;1-2/h1-2H3,(H,5,7);1-2H3. The molecule has 4 heteroatoms. The summed E-state index contributed by atoms with van der Waals surface area (Å²) < 4.78 is 4.90. The first-order chi connectivity index (χ1) is 4.83. The fraction of sp³-hybridized carbons (Fsp3) is 0.667. The maximum absolute atomic E-state index is 4.90. The first kappa shape index (κ1) is 8.94. The van der Waals surface area contributed by atoms with Crippen LogP contribution in [-0.2, 0) is 0 Å². The van der Waals surface area contributed by atoms with Crippen LogP contribution in [0.4, 0.5) is 6.01 Å². The van der Waals surface area contributed by atoms with Crippen LogP contribution in [0, 0.1) is 6.92 Å². The number of aryl methyl sites for hydroxylation is 1. The van der Waals surface area contributed by atoms with E-state index in [0.717, 1.165) is 0 Å². The van der Waals surface area contributed by atoms with Gasteiger partial charge in [-0.15, -0.1) is 5.10 Å². The second-order valence-corrected chi connectivity index (χ2v) is 1.38. The van der Waals surface area contributed by atoms with Crippen LogP contribution in [0.15, 0.2) is 4.42 Å². The van der Waals surface area contributed by atoms with Gasteiger partial charge in [0.05, 0.1) is 0 Å². The van der Waals surface area contributed by atoms with Gasteiger partial charge in [-0.2, -0.15) is 0 Å². The summed E-state index contributed by atoms with van der Waals surface area (Å²) in [4.78, 5) is 0. The van der Waals surface area contributed by atoms with Crippen LogP contribution >= 0.6 is 0 Å². The zero-order chi connectivity index (χ0) is 7.98. The molecule has 1 aromatic heterocycles. The quantitative estimate of drug-likeness (QED) is 0.646. The van der Waals surface area contributed by atoms with Crippen LogP contribution in [0.3, 0.4) is 0 Å². The Labute approximate surface area is 60.6 Å². The summed E-state index contributed by atoms with van der Waals surface area (Å²) in [6.07, 6.45) is 0. The number of hydrogen-bond acceptors (Lipinski definition) is 4. The highest BCUT2D eigenvalue weighted by Crippen LogP contribution is 2.00. The molecule has 0 aliphatic rings. The Kier molecular flexibility index (Phi) is 4.28. The molecule has 0 fully saturated rings. The lowest BCUT2D eigenvalue weighted by Gasteiger charge is -1.82. The van der Waals surface area contributed by atoms with Crippen molar-refractivity contribution in [3.63, 3.8) is 0 Å². The summed E-state index contributed by atoms with van der Waals surface area (Å²) in [7, 11) is 1.73. The monoisotopic (exact) mass is 143 g/mol. The Balaban J connectivity index is 0.000000371. The largest absolute Gasteiger partial charge is 0.408 e. The molecule has 0 radical (unpaired) electrons. The van der Waals surface area contributed by atoms with E-state index in [1.54, 1.807) is 14.0 Å². The topological polar surface area (TPSA) is 51.0 Å². The van der Waals surface area contributed by atoms with Crippen LogP contribution in [0.25, 0.3) is 0 Å². The van der Waals surface area contributed by atoms with E-state index < -0.39 is 0 Å². The van der Waals surface area contributed by atoms with Crippen LogP contribution < -0.4 is 5.32 Å². The number of nitrogens with zero attached hydrogens (tertiary/aromatic N) is 2. The Morgan fingerprint density at radius 2 is 1.90 bits per heavy atom.